The number of nitrogens with one attached hydrogen (secondary N) is 2. The molecule has 7 nitrogen and oxygen atoms in total. The Labute approximate surface area is 160 Å². The zero-order chi connectivity index (χ0) is 19.1. The number of rotatable bonds is 7. The van der Waals surface area contributed by atoms with E-state index in [1.807, 2.05) is 54.5 Å². The zero-order valence-corrected chi connectivity index (χ0v) is 16.1. The lowest BCUT2D eigenvalue weighted by Crippen LogP contribution is -2.44. The Balaban J connectivity index is 1.40. The second kappa shape index (κ2) is 9.21. The van der Waals surface area contributed by atoms with Crippen molar-refractivity contribution in [3.05, 3.63) is 48.5 Å². The van der Waals surface area contributed by atoms with Crippen molar-refractivity contribution < 1.29 is 4.79 Å². The van der Waals surface area contributed by atoms with Crippen LogP contribution in [-0.2, 0) is 11.3 Å². The molecule has 1 amide bonds. The molecule has 1 unspecified atom stereocenters. The molecule has 3 rings (SSSR count). The fraction of sp³-hybridized carbons (Fsp3) is 0.450. The molecular weight excluding hydrogens is 340 g/mol. The molecule has 144 valence electrons. The number of para-hydroxylation sites is 1. The van der Waals surface area contributed by atoms with Crippen LogP contribution in [0.3, 0.4) is 0 Å². The number of benzene rings is 1. The van der Waals surface area contributed by atoms with Gasteiger partial charge in [0, 0.05) is 51.2 Å². The van der Waals surface area contributed by atoms with Crippen molar-refractivity contribution >= 4 is 17.6 Å². The molecule has 0 radical (unpaired) electrons. The Bertz CT molecular complexity index is 770. The van der Waals surface area contributed by atoms with E-state index in [1.165, 1.54) is 0 Å². The zero-order valence-electron chi connectivity index (χ0n) is 16.1. The average molecular weight is 368 g/mol. The first-order valence-corrected chi connectivity index (χ1v) is 9.47. The number of unbranched alkanes of at least 4 members (excludes halogenated alkanes) is 1. The number of aryl methyl sites for hydroxylation is 2. The summed E-state index contributed by atoms with van der Waals surface area (Å²) in [7, 11) is 1.76. The van der Waals surface area contributed by atoms with Crippen LogP contribution >= 0.6 is 0 Å². The van der Waals surface area contributed by atoms with Crippen LogP contribution < -0.4 is 15.5 Å². The highest BCUT2D eigenvalue weighted by Crippen LogP contribution is 2.20. The third-order valence-electron chi connectivity index (χ3n) is 4.80. The predicted octanol–water partition coefficient (Wildman–Crippen LogP) is 1.94. The van der Waals surface area contributed by atoms with Crippen molar-refractivity contribution in [2.75, 3.05) is 25.0 Å². The Morgan fingerprint density at radius 1 is 1.30 bits per heavy atom. The molecule has 7 heteroatoms. The van der Waals surface area contributed by atoms with E-state index in [1.54, 1.807) is 7.05 Å². The monoisotopic (exact) mass is 368 g/mol. The summed E-state index contributed by atoms with van der Waals surface area (Å²) in [5.41, 5.74) is 0.949. The van der Waals surface area contributed by atoms with E-state index in [4.69, 9.17) is 0 Å². The lowest BCUT2D eigenvalue weighted by molar-refractivity contribution is -0.117. The van der Waals surface area contributed by atoms with Crippen LogP contribution in [0.5, 0.6) is 0 Å². The third-order valence-corrected chi connectivity index (χ3v) is 4.80. The van der Waals surface area contributed by atoms with Crippen LogP contribution in [0.1, 0.15) is 25.1 Å². The molecule has 0 bridgehead atoms. The minimum atomic E-state index is 0.0671. The van der Waals surface area contributed by atoms with Crippen molar-refractivity contribution in [2.24, 2.45) is 4.99 Å². The van der Waals surface area contributed by atoms with Gasteiger partial charge in [0.05, 0.1) is 6.04 Å². The maximum Gasteiger partial charge on any atom is 0.229 e. The molecular formula is C20H28N6O. The maximum absolute atomic E-state index is 12.3. The fourth-order valence-corrected chi connectivity index (χ4v) is 3.30. The molecule has 1 aromatic heterocycles. The van der Waals surface area contributed by atoms with Gasteiger partial charge in [-0.05, 0) is 31.9 Å². The molecule has 1 aliphatic rings. The van der Waals surface area contributed by atoms with E-state index in [-0.39, 0.29) is 11.9 Å². The van der Waals surface area contributed by atoms with Crippen LogP contribution in [0, 0.1) is 6.92 Å². The number of carbonyl (C=O) groups is 1. The SMILES string of the molecule is CN=C(NCCCCn1ccnc1C)NC1CC(=O)N(c2ccccc2)C1. The number of guanidine groups is 1. The summed E-state index contributed by atoms with van der Waals surface area (Å²) in [5, 5.41) is 6.72. The number of carbonyl (C=O) groups excluding carboxylic acids is 1. The summed E-state index contributed by atoms with van der Waals surface area (Å²) >= 11 is 0. The largest absolute Gasteiger partial charge is 0.356 e. The van der Waals surface area contributed by atoms with Gasteiger partial charge in [-0.1, -0.05) is 18.2 Å². The van der Waals surface area contributed by atoms with E-state index in [2.05, 4.69) is 25.2 Å². The summed E-state index contributed by atoms with van der Waals surface area (Å²) in [6.45, 7) is 4.49. The molecule has 27 heavy (non-hydrogen) atoms. The summed E-state index contributed by atoms with van der Waals surface area (Å²) in [6, 6.07) is 9.87. The second-order valence-corrected chi connectivity index (χ2v) is 6.76. The minimum Gasteiger partial charge on any atom is -0.356 e. The molecule has 0 spiro atoms. The first-order chi connectivity index (χ1) is 13.2. The van der Waals surface area contributed by atoms with Gasteiger partial charge in [-0.3, -0.25) is 9.79 Å². The van der Waals surface area contributed by atoms with Gasteiger partial charge in [-0.15, -0.1) is 0 Å². The molecule has 1 atom stereocenters. The van der Waals surface area contributed by atoms with Gasteiger partial charge in [-0.25, -0.2) is 4.98 Å². The van der Waals surface area contributed by atoms with Crippen molar-refractivity contribution in [3.63, 3.8) is 0 Å². The number of aromatic nitrogens is 2. The van der Waals surface area contributed by atoms with Crippen LogP contribution in [0.25, 0.3) is 0 Å². The fourth-order valence-electron chi connectivity index (χ4n) is 3.30. The lowest BCUT2D eigenvalue weighted by atomic mass is 10.2. The smallest absolute Gasteiger partial charge is 0.229 e. The van der Waals surface area contributed by atoms with Gasteiger partial charge in [0.25, 0.3) is 0 Å². The first kappa shape index (κ1) is 18.9. The molecule has 1 fully saturated rings. The number of hydrogen-bond acceptors (Lipinski definition) is 3. The van der Waals surface area contributed by atoms with Crippen molar-refractivity contribution in [3.8, 4) is 0 Å². The molecule has 1 saturated heterocycles. The lowest BCUT2D eigenvalue weighted by Gasteiger charge is -2.19. The molecule has 0 aliphatic carbocycles. The van der Waals surface area contributed by atoms with Crippen LogP contribution in [0.2, 0.25) is 0 Å². The third kappa shape index (κ3) is 5.09. The molecule has 1 aliphatic heterocycles. The van der Waals surface area contributed by atoms with Crippen molar-refractivity contribution in [1.29, 1.82) is 0 Å². The highest BCUT2D eigenvalue weighted by Gasteiger charge is 2.30. The topological polar surface area (TPSA) is 74.5 Å². The Morgan fingerprint density at radius 3 is 2.81 bits per heavy atom. The maximum atomic E-state index is 12.3. The van der Waals surface area contributed by atoms with Gasteiger partial charge < -0.3 is 20.1 Å². The molecule has 0 saturated carbocycles. The van der Waals surface area contributed by atoms with Crippen LogP contribution in [-0.4, -0.2) is 47.6 Å². The number of aliphatic imine (C=N–C) groups is 1. The molecule has 2 N–H and O–H groups in total. The number of nitrogens with zero attached hydrogens (tertiary/aromatic N) is 4. The number of imidazole rings is 1. The predicted molar refractivity (Wildman–Crippen MR) is 108 cm³/mol. The highest BCUT2D eigenvalue weighted by molar-refractivity contribution is 5.97. The molecule has 2 heterocycles. The van der Waals surface area contributed by atoms with E-state index in [0.717, 1.165) is 43.4 Å². The van der Waals surface area contributed by atoms with E-state index < -0.39 is 0 Å². The normalized spacial score (nSPS) is 17.4. The number of anilines is 1. The molecule has 2 aromatic rings. The number of amides is 1. The summed E-state index contributed by atoms with van der Waals surface area (Å²) in [6.07, 6.45) is 6.44. The Morgan fingerprint density at radius 2 is 2.11 bits per heavy atom. The average Bonchev–Trinajstić information content (AvgIpc) is 3.26. The van der Waals surface area contributed by atoms with Crippen LogP contribution in [0.4, 0.5) is 5.69 Å². The minimum absolute atomic E-state index is 0.0671. The Hall–Kier alpha value is -2.83. The van der Waals surface area contributed by atoms with Gasteiger partial charge in [0.15, 0.2) is 5.96 Å². The van der Waals surface area contributed by atoms with Crippen molar-refractivity contribution in [2.45, 2.75) is 38.8 Å². The second-order valence-electron chi connectivity index (χ2n) is 6.76. The van der Waals surface area contributed by atoms with Gasteiger partial charge in [0.1, 0.15) is 5.82 Å². The van der Waals surface area contributed by atoms with Gasteiger partial charge in [-0.2, -0.15) is 0 Å². The summed E-state index contributed by atoms with van der Waals surface area (Å²) in [5.74, 6) is 1.95. The van der Waals surface area contributed by atoms with Crippen LogP contribution in [0.15, 0.2) is 47.7 Å². The summed E-state index contributed by atoms with van der Waals surface area (Å²) in [4.78, 5) is 22.7. The quantitative estimate of drug-likeness (QED) is 0.445. The molecule has 1 aromatic carbocycles. The van der Waals surface area contributed by atoms with E-state index >= 15 is 0 Å². The van der Waals surface area contributed by atoms with Gasteiger partial charge in [0.2, 0.25) is 5.91 Å². The van der Waals surface area contributed by atoms with E-state index in [0.29, 0.717) is 13.0 Å². The summed E-state index contributed by atoms with van der Waals surface area (Å²) < 4.78 is 2.16. The Kier molecular flexibility index (Phi) is 6.46. The number of hydrogen-bond donors (Lipinski definition) is 2. The van der Waals surface area contributed by atoms with Crippen molar-refractivity contribution in [1.82, 2.24) is 20.2 Å². The highest BCUT2D eigenvalue weighted by atomic mass is 16.2. The standard InChI is InChI=1S/C20H28N6O/c1-16-22-11-13-25(16)12-7-6-10-23-20(21-2)24-17-14-19(27)26(15-17)18-8-4-3-5-9-18/h3-5,8-9,11,13,17H,6-7,10,12,14-15H2,1-2H3,(H2,21,23,24). The van der Waals surface area contributed by atoms with Gasteiger partial charge >= 0.3 is 0 Å². The first-order valence-electron chi connectivity index (χ1n) is 9.47. The van der Waals surface area contributed by atoms with E-state index in [9.17, 15) is 4.79 Å².